The Morgan fingerprint density at radius 3 is 3.00 bits per heavy atom. The monoisotopic (exact) mass is 282 g/mol. The molecule has 2 nitrogen and oxygen atoms in total. The van der Waals surface area contributed by atoms with E-state index in [1.165, 1.54) is 23.3 Å². The van der Waals surface area contributed by atoms with E-state index < -0.39 is 0 Å². The van der Waals surface area contributed by atoms with E-state index in [0.29, 0.717) is 22.9 Å². The van der Waals surface area contributed by atoms with E-state index >= 15 is 0 Å². The van der Waals surface area contributed by atoms with Gasteiger partial charge in [-0.05, 0) is 12.1 Å². The van der Waals surface area contributed by atoms with Gasteiger partial charge >= 0.3 is 0 Å². The molecule has 0 spiro atoms. The molecule has 1 N–H and O–H groups in total. The number of nitrogens with one attached hydrogen (secondary N) is 1. The summed E-state index contributed by atoms with van der Waals surface area (Å²) < 4.78 is 13.6. The van der Waals surface area contributed by atoms with Gasteiger partial charge in [0.2, 0.25) is 0 Å². The Hall–Kier alpha value is -0.700. The highest BCUT2D eigenvalue weighted by molar-refractivity contribution is 8.06. The predicted octanol–water partition coefficient (Wildman–Crippen LogP) is 2.64. The zero-order valence-corrected chi connectivity index (χ0v) is 11.6. The second-order valence-electron chi connectivity index (χ2n) is 4.12. The van der Waals surface area contributed by atoms with Gasteiger partial charge in [-0.3, -0.25) is 0 Å². The first-order valence-corrected chi connectivity index (χ1v) is 8.08. The fraction of sp³-hybridized carbons (Fsp3) is 0.462. The molecule has 0 amide bonds. The van der Waals surface area contributed by atoms with Crippen molar-refractivity contribution >= 4 is 23.5 Å². The number of rotatable bonds is 4. The van der Waals surface area contributed by atoms with Crippen molar-refractivity contribution in [3.8, 4) is 6.07 Å². The average molecular weight is 282 g/mol. The minimum absolute atomic E-state index is 0.299. The number of hydrogen-bond donors (Lipinski definition) is 1. The average Bonchev–Trinajstić information content (AvgIpc) is 2.42. The van der Waals surface area contributed by atoms with Crippen molar-refractivity contribution in [2.24, 2.45) is 0 Å². The maximum Gasteiger partial charge on any atom is 0.129 e. The van der Waals surface area contributed by atoms with Crippen LogP contribution in [0.5, 0.6) is 0 Å². The summed E-state index contributed by atoms with van der Waals surface area (Å²) in [5.74, 6) is 3.33. The lowest BCUT2D eigenvalue weighted by atomic mass is 10.1. The summed E-state index contributed by atoms with van der Waals surface area (Å²) in [6, 6.07) is 6.57. The minimum atomic E-state index is -0.299. The van der Waals surface area contributed by atoms with Crippen molar-refractivity contribution in [1.82, 2.24) is 5.32 Å². The van der Waals surface area contributed by atoms with Crippen LogP contribution in [0.2, 0.25) is 0 Å². The SMILES string of the molecule is N#Cc1ccc(CNCC2CSCCS2)c(F)c1. The molecule has 1 aliphatic rings. The second kappa shape index (κ2) is 7.03. The third kappa shape index (κ3) is 3.91. The standard InChI is InChI=1S/C13H15FN2S2/c14-13-5-10(6-15)1-2-11(13)7-16-8-12-9-17-3-4-18-12/h1-2,5,12,16H,3-4,7-9H2. The first kappa shape index (κ1) is 13.7. The van der Waals surface area contributed by atoms with Crippen molar-refractivity contribution in [2.45, 2.75) is 11.8 Å². The van der Waals surface area contributed by atoms with E-state index in [1.54, 1.807) is 12.1 Å². The molecule has 2 rings (SSSR count). The first-order chi connectivity index (χ1) is 8.79. The predicted molar refractivity (Wildman–Crippen MR) is 76.4 cm³/mol. The summed E-state index contributed by atoms with van der Waals surface area (Å²) in [7, 11) is 0. The molecule has 1 aromatic carbocycles. The van der Waals surface area contributed by atoms with Crippen molar-refractivity contribution in [2.75, 3.05) is 23.8 Å². The highest BCUT2D eigenvalue weighted by atomic mass is 32.2. The number of nitrogens with zero attached hydrogens (tertiary/aromatic N) is 1. The molecule has 5 heteroatoms. The molecule has 18 heavy (non-hydrogen) atoms. The lowest BCUT2D eigenvalue weighted by Gasteiger charge is -2.21. The molecule has 1 heterocycles. The van der Waals surface area contributed by atoms with Crippen LogP contribution >= 0.6 is 23.5 Å². The molecule has 0 saturated carbocycles. The normalized spacial score (nSPS) is 19.4. The van der Waals surface area contributed by atoms with Crippen molar-refractivity contribution in [3.63, 3.8) is 0 Å². The summed E-state index contributed by atoms with van der Waals surface area (Å²) in [5, 5.41) is 12.6. The summed E-state index contributed by atoms with van der Waals surface area (Å²) in [6.45, 7) is 1.44. The number of hydrogen-bond acceptors (Lipinski definition) is 4. The Kier molecular flexibility index (Phi) is 5.36. The lowest BCUT2D eigenvalue weighted by Crippen LogP contribution is -2.28. The van der Waals surface area contributed by atoms with Gasteiger partial charge in [-0.15, -0.1) is 0 Å². The van der Waals surface area contributed by atoms with E-state index in [1.807, 2.05) is 29.6 Å². The molecule has 1 saturated heterocycles. The van der Waals surface area contributed by atoms with Crippen LogP contribution in [0, 0.1) is 17.1 Å². The molecule has 1 unspecified atom stereocenters. The second-order valence-corrected chi connectivity index (χ2v) is 6.67. The van der Waals surface area contributed by atoms with E-state index in [4.69, 9.17) is 5.26 Å². The molecule has 0 aromatic heterocycles. The highest BCUT2D eigenvalue weighted by Crippen LogP contribution is 2.23. The maximum absolute atomic E-state index is 13.6. The molecule has 1 atom stereocenters. The molecule has 1 aromatic rings. The van der Waals surface area contributed by atoms with Gasteiger partial charge in [0.25, 0.3) is 0 Å². The number of thioether (sulfide) groups is 2. The van der Waals surface area contributed by atoms with Gasteiger partial charge in [-0.25, -0.2) is 4.39 Å². The lowest BCUT2D eigenvalue weighted by molar-refractivity contribution is 0.588. The summed E-state index contributed by atoms with van der Waals surface area (Å²) in [6.07, 6.45) is 0. The topological polar surface area (TPSA) is 35.8 Å². The number of benzene rings is 1. The fourth-order valence-electron chi connectivity index (χ4n) is 1.78. The van der Waals surface area contributed by atoms with Crippen LogP contribution in [0.15, 0.2) is 18.2 Å². The molecular formula is C13H15FN2S2. The summed E-state index contributed by atoms with van der Waals surface area (Å²) in [4.78, 5) is 0. The van der Waals surface area contributed by atoms with Crippen LogP contribution < -0.4 is 5.32 Å². The zero-order chi connectivity index (χ0) is 12.8. The van der Waals surface area contributed by atoms with Crippen LogP contribution in [-0.2, 0) is 6.54 Å². The van der Waals surface area contributed by atoms with Crippen LogP contribution in [0.1, 0.15) is 11.1 Å². The van der Waals surface area contributed by atoms with Gasteiger partial charge in [0, 0.05) is 41.2 Å². The Balaban J connectivity index is 1.81. The van der Waals surface area contributed by atoms with Gasteiger partial charge in [0.15, 0.2) is 0 Å². The smallest absolute Gasteiger partial charge is 0.129 e. The van der Waals surface area contributed by atoms with Gasteiger partial charge in [-0.2, -0.15) is 28.8 Å². The maximum atomic E-state index is 13.6. The largest absolute Gasteiger partial charge is 0.311 e. The van der Waals surface area contributed by atoms with Gasteiger partial charge in [-0.1, -0.05) is 6.07 Å². The Labute approximate surface area is 115 Å². The number of halogens is 1. The molecule has 96 valence electrons. The fourth-order valence-corrected chi connectivity index (χ4v) is 4.43. The van der Waals surface area contributed by atoms with Crippen molar-refractivity contribution in [1.29, 1.82) is 5.26 Å². The van der Waals surface area contributed by atoms with E-state index in [-0.39, 0.29) is 5.82 Å². The van der Waals surface area contributed by atoms with E-state index in [0.717, 1.165) is 6.54 Å². The molecule has 1 aliphatic heterocycles. The third-order valence-corrected chi connectivity index (χ3v) is 5.60. The van der Waals surface area contributed by atoms with Crippen LogP contribution in [0.4, 0.5) is 4.39 Å². The van der Waals surface area contributed by atoms with Gasteiger partial charge in [0.05, 0.1) is 11.6 Å². The molecule has 1 fully saturated rings. The quantitative estimate of drug-likeness (QED) is 0.921. The summed E-state index contributed by atoms with van der Waals surface area (Å²) >= 11 is 3.97. The van der Waals surface area contributed by atoms with Gasteiger partial charge < -0.3 is 5.32 Å². The minimum Gasteiger partial charge on any atom is -0.311 e. The third-order valence-electron chi connectivity index (χ3n) is 2.75. The first-order valence-electron chi connectivity index (χ1n) is 5.88. The Morgan fingerprint density at radius 1 is 1.44 bits per heavy atom. The van der Waals surface area contributed by atoms with Crippen LogP contribution in [0.3, 0.4) is 0 Å². The Morgan fingerprint density at radius 2 is 2.33 bits per heavy atom. The van der Waals surface area contributed by atoms with Crippen molar-refractivity contribution < 1.29 is 4.39 Å². The van der Waals surface area contributed by atoms with Crippen LogP contribution in [-0.4, -0.2) is 29.1 Å². The van der Waals surface area contributed by atoms with Crippen LogP contribution in [0.25, 0.3) is 0 Å². The zero-order valence-electron chi connectivity index (χ0n) is 9.99. The number of nitriles is 1. The van der Waals surface area contributed by atoms with E-state index in [2.05, 4.69) is 5.32 Å². The van der Waals surface area contributed by atoms with Crippen molar-refractivity contribution in [3.05, 3.63) is 35.1 Å². The molecular weight excluding hydrogens is 267 g/mol. The molecule has 0 aliphatic carbocycles. The van der Waals surface area contributed by atoms with E-state index in [9.17, 15) is 4.39 Å². The Bertz CT molecular complexity index is 439. The highest BCUT2D eigenvalue weighted by Gasteiger charge is 2.13. The van der Waals surface area contributed by atoms with Gasteiger partial charge in [0.1, 0.15) is 5.82 Å². The molecule has 0 radical (unpaired) electrons. The summed E-state index contributed by atoms with van der Waals surface area (Å²) in [5.41, 5.74) is 0.998. The molecule has 0 bridgehead atoms.